The van der Waals surface area contributed by atoms with Crippen molar-refractivity contribution in [1.29, 1.82) is 0 Å². The Kier molecular flexibility index (Phi) is 4.07. The van der Waals surface area contributed by atoms with Crippen LogP contribution in [0.4, 0.5) is 0 Å². The lowest BCUT2D eigenvalue weighted by Crippen LogP contribution is -2.41. The standard InChI is InChI=1S/C46H29N3/c1-45-30-18-7-3-12-24(30)36(25-13-4-8-19-31(25)45)40-38-28-16-11-17-29-39-35(49(42(28)29)34(38)22-47-43(40)45)23-48-44-41(39)37-26-14-5-9-20-32(26)46(44,2)33-21-10-6-15-27(33)37/h3-23,36-37H,1-2H3. The topological polar surface area (TPSA) is 30.2 Å². The van der Waals surface area contributed by atoms with Gasteiger partial charge in [0.1, 0.15) is 0 Å². The monoisotopic (exact) mass is 623 g/mol. The third kappa shape index (κ3) is 2.47. The molecule has 4 heterocycles. The Bertz CT molecular complexity index is 2710. The molecule has 0 unspecified atom stereocenters. The van der Waals surface area contributed by atoms with E-state index < -0.39 is 0 Å². The molecule has 0 radical (unpaired) electrons. The van der Waals surface area contributed by atoms with Crippen LogP contribution in [0.5, 0.6) is 0 Å². The number of hydrogen-bond acceptors (Lipinski definition) is 2. The summed E-state index contributed by atoms with van der Waals surface area (Å²) < 4.78 is 2.50. The molecule has 0 spiro atoms. The Balaban J connectivity index is 1.18. The highest BCUT2D eigenvalue weighted by atomic mass is 15.0. The number of aromatic nitrogens is 3. The van der Waals surface area contributed by atoms with Gasteiger partial charge in [0, 0.05) is 33.4 Å². The summed E-state index contributed by atoms with van der Waals surface area (Å²) in [6.07, 6.45) is 4.34. The average Bonchev–Trinajstić information content (AvgIpc) is 3.68. The largest absolute Gasteiger partial charge is 0.305 e. The van der Waals surface area contributed by atoms with Gasteiger partial charge in [0.25, 0.3) is 0 Å². The van der Waals surface area contributed by atoms with E-state index in [1.807, 2.05) is 0 Å². The van der Waals surface area contributed by atoms with E-state index in [0.717, 1.165) is 0 Å². The van der Waals surface area contributed by atoms with E-state index in [4.69, 9.17) is 9.97 Å². The second kappa shape index (κ2) is 7.90. The van der Waals surface area contributed by atoms with Crippen LogP contribution in [0.1, 0.15) is 92.7 Å². The van der Waals surface area contributed by atoms with Gasteiger partial charge < -0.3 is 4.40 Å². The third-order valence-corrected chi connectivity index (χ3v) is 13.2. The average molecular weight is 624 g/mol. The summed E-state index contributed by atoms with van der Waals surface area (Å²) in [6.45, 7) is 4.79. The fourth-order valence-electron chi connectivity index (χ4n) is 11.4. The van der Waals surface area contributed by atoms with Crippen molar-refractivity contribution in [3.63, 3.8) is 0 Å². The Hall–Kier alpha value is -5.80. The fourth-order valence-corrected chi connectivity index (χ4v) is 11.4. The van der Waals surface area contributed by atoms with E-state index in [2.05, 4.69) is 146 Å². The van der Waals surface area contributed by atoms with Crippen LogP contribution >= 0.6 is 0 Å². The first kappa shape index (κ1) is 25.2. The van der Waals surface area contributed by atoms with E-state index >= 15 is 0 Å². The summed E-state index contributed by atoms with van der Waals surface area (Å²) in [4.78, 5) is 10.9. The predicted octanol–water partition coefficient (Wildman–Crippen LogP) is 9.95. The molecule has 49 heavy (non-hydrogen) atoms. The lowest BCUT2D eigenvalue weighted by Gasteiger charge is -2.48. The molecule has 6 aliphatic rings. The zero-order chi connectivity index (χ0) is 32.0. The van der Waals surface area contributed by atoms with Gasteiger partial charge >= 0.3 is 0 Å². The number of hydrogen-bond donors (Lipinski definition) is 0. The fraction of sp³-hybridized carbons (Fsp3) is 0.130. The summed E-state index contributed by atoms with van der Waals surface area (Å²) in [5.74, 6) is 0.291. The van der Waals surface area contributed by atoms with E-state index in [0.29, 0.717) is 0 Å². The van der Waals surface area contributed by atoms with Crippen LogP contribution in [0.2, 0.25) is 0 Å². The van der Waals surface area contributed by atoms with Gasteiger partial charge in [-0.1, -0.05) is 115 Å². The second-order valence-corrected chi connectivity index (χ2v) is 15.1. The van der Waals surface area contributed by atoms with Crippen molar-refractivity contribution >= 4 is 38.1 Å². The van der Waals surface area contributed by atoms with Gasteiger partial charge in [-0.15, -0.1) is 0 Å². The Morgan fingerprint density at radius 2 is 0.837 bits per heavy atom. The number of fused-ring (bicyclic) bond motifs is 6. The van der Waals surface area contributed by atoms with E-state index in [9.17, 15) is 0 Å². The molecule has 0 fully saturated rings. The van der Waals surface area contributed by atoms with Crippen molar-refractivity contribution in [2.24, 2.45) is 0 Å². The smallest absolute Gasteiger partial charge is 0.0728 e. The van der Waals surface area contributed by atoms with Crippen LogP contribution in [-0.2, 0) is 10.8 Å². The minimum atomic E-state index is -0.310. The lowest BCUT2D eigenvalue weighted by molar-refractivity contribution is 0.575. The minimum absolute atomic E-state index is 0.146. The Labute approximate surface area is 282 Å². The van der Waals surface area contributed by atoms with Crippen LogP contribution in [0, 0.1) is 0 Å². The Morgan fingerprint density at radius 1 is 0.469 bits per heavy atom. The van der Waals surface area contributed by atoms with Crippen LogP contribution in [0.15, 0.2) is 128 Å². The third-order valence-electron chi connectivity index (χ3n) is 13.2. The zero-order valence-electron chi connectivity index (χ0n) is 27.1. The molecule has 6 aliphatic carbocycles. The lowest BCUT2D eigenvalue weighted by atomic mass is 9.55. The van der Waals surface area contributed by atoms with Crippen molar-refractivity contribution < 1.29 is 0 Å². The number of nitrogens with zero attached hydrogens (tertiary/aromatic N) is 3. The van der Waals surface area contributed by atoms with Gasteiger partial charge in [-0.2, -0.15) is 0 Å². The summed E-state index contributed by atoms with van der Waals surface area (Å²) in [5.41, 5.74) is 19.4. The van der Waals surface area contributed by atoms with Crippen molar-refractivity contribution in [2.75, 3.05) is 0 Å². The molecule has 0 atom stereocenters. The van der Waals surface area contributed by atoms with Crippen molar-refractivity contribution in [2.45, 2.75) is 36.5 Å². The van der Waals surface area contributed by atoms with Crippen molar-refractivity contribution in [3.05, 3.63) is 195 Å². The zero-order valence-corrected chi connectivity index (χ0v) is 27.1. The van der Waals surface area contributed by atoms with Gasteiger partial charge in [0.2, 0.25) is 0 Å². The van der Waals surface area contributed by atoms with Gasteiger partial charge in [0.05, 0.1) is 51.2 Å². The molecular weight excluding hydrogens is 595 g/mol. The molecule has 3 heteroatoms. The molecule has 0 N–H and O–H groups in total. The van der Waals surface area contributed by atoms with E-state index in [-0.39, 0.29) is 22.7 Å². The molecular formula is C46H29N3. The molecule has 3 nitrogen and oxygen atoms in total. The highest BCUT2D eigenvalue weighted by molar-refractivity contribution is 6.25. The SMILES string of the molecule is CC12c3ccccc3C(c3ccccc31)c1c2ncc2c1c1cccc3c4c5c(ncc4n2c13)C1(C)c2ccccc2C5c2ccccc21. The van der Waals surface area contributed by atoms with E-state index in [1.165, 1.54) is 105 Å². The molecule has 15 rings (SSSR count). The van der Waals surface area contributed by atoms with Gasteiger partial charge in [-0.3, -0.25) is 9.97 Å². The van der Waals surface area contributed by atoms with Crippen LogP contribution < -0.4 is 0 Å². The highest BCUT2D eigenvalue weighted by Gasteiger charge is 2.53. The first-order chi connectivity index (χ1) is 24.1. The van der Waals surface area contributed by atoms with Gasteiger partial charge in [-0.05, 0) is 69.5 Å². The Morgan fingerprint density at radius 3 is 1.22 bits per heavy atom. The van der Waals surface area contributed by atoms with E-state index in [1.54, 1.807) is 0 Å². The second-order valence-electron chi connectivity index (χ2n) is 15.1. The first-order valence-electron chi connectivity index (χ1n) is 17.5. The molecule has 4 aromatic heterocycles. The number of pyridine rings is 2. The molecule has 5 aromatic carbocycles. The first-order valence-corrected chi connectivity index (χ1v) is 17.5. The van der Waals surface area contributed by atoms with Crippen molar-refractivity contribution in [1.82, 2.24) is 14.4 Å². The van der Waals surface area contributed by atoms with Crippen molar-refractivity contribution in [3.8, 4) is 0 Å². The molecule has 0 saturated carbocycles. The molecule has 228 valence electrons. The quantitative estimate of drug-likeness (QED) is 0.168. The summed E-state index contributed by atoms with van der Waals surface area (Å²) in [6, 6.07) is 43.3. The summed E-state index contributed by atoms with van der Waals surface area (Å²) in [5, 5.41) is 5.31. The normalized spacial score (nSPS) is 23.5. The van der Waals surface area contributed by atoms with Gasteiger partial charge in [0.15, 0.2) is 0 Å². The number of para-hydroxylation sites is 1. The summed E-state index contributed by atoms with van der Waals surface area (Å²) in [7, 11) is 0. The maximum Gasteiger partial charge on any atom is 0.0728 e. The molecule has 0 saturated heterocycles. The molecule has 4 bridgehead atoms. The minimum Gasteiger partial charge on any atom is -0.305 e. The van der Waals surface area contributed by atoms with Crippen LogP contribution in [-0.4, -0.2) is 14.4 Å². The molecule has 0 aliphatic heterocycles. The maximum absolute atomic E-state index is 5.45. The highest BCUT2D eigenvalue weighted by Crippen LogP contribution is 2.62. The summed E-state index contributed by atoms with van der Waals surface area (Å²) >= 11 is 0. The molecule has 0 amide bonds. The maximum atomic E-state index is 5.45. The van der Waals surface area contributed by atoms with Gasteiger partial charge in [-0.25, -0.2) is 0 Å². The number of benzene rings is 5. The van der Waals surface area contributed by atoms with Crippen LogP contribution in [0.25, 0.3) is 38.1 Å². The molecule has 9 aromatic rings. The van der Waals surface area contributed by atoms with Crippen LogP contribution in [0.3, 0.4) is 0 Å². The predicted molar refractivity (Wildman–Crippen MR) is 195 cm³/mol. The number of rotatable bonds is 0.